The van der Waals surface area contributed by atoms with Gasteiger partial charge in [0.15, 0.2) is 0 Å². The third kappa shape index (κ3) is 4.04. The van der Waals surface area contributed by atoms with Crippen molar-refractivity contribution in [3.8, 4) is 0 Å². The molecule has 0 bridgehead atoms. The second-order valence-corrected chi connectivity index (χ2v) is 8.31. The Balaban J connectivity index is 1.44. The highest BCUT2D eigenvalue weighted by Gasteiger charge is 2.23. The van der Waals surface area contributed by atoms with Gasteiger partial charge in [-0.05, 0) is 77.2 Å². The number of aromatic nitrogens is 1. The second-order valence-electron chi connectivity index (χ2n) is 6.71. The predicted octanol–water partition coefficient (Wildman–Crippen LogP) is 4.89. The van der Waals surface area contributed by atoms with Crippen LogP contribution >= 0.6 is 34.2 Å². The van der Waals surface area contributed by atoms with E-state index in [0.29, 0.717) is 0 Å². The van der Waals surface area contributed by atoms with E-state index in [-0.39, 0.29) is 11.9 Å². The molecule has 0 radical (unpaired) electrons. The lowest BCUT2D eigenvalue weighted by Gasteiger charge is -2.33. The van der Waals surface area contributed by atoms with Crippen molar-refractivity contribution in [1.82, 2.24) is 10.3 Å². The standard InChI is InChI=1S/C21H19ClIN3O/c22-15-5-6-17-14(13-15)7-10-24-20(17)26-11-8-16(9-12-26)25-21(27)18-3-1-2-4-19(18)23/h1-7,10,13,16H,8-9,11-12H2,(H,25,27). The maximum Gasteiger partial charge on any atom is 0.252 e. The topological polar surface area (TPSA) is 45.2 Å². The highest BCUT2D eigenvalue weighted by Crippen LogP contribution is 2.28. The summed E-state index contributed by atoms with van der Waals surface area (Å²) in [7, 11) is 0. The quantitative estimate of drug-likeness (QED) is 0.531. The molecule has 4 rings (SSSR count). The number of pyridine rings is 1. The molecule has 138 valence electrons. The van der Waals surface area contributed by atoms with E-state index in [2.05, 4.69) is 37.8 Å². The van der Waals surface area contributed by atoms with Crippen LogP contribution < -0.4 is 10.2 Å². The largest absolute Gasteiger partial charge is 0.356 e. The zero-order chi connectivity index (χ0) is 18.8. The van der Waals surface area contributed by atoms with Crippen LogP contribution in [0.2, 0.25) is 5.02 Å². The summed E-state index contributed by atoms with van der Waals surface area (Å²) in [5.41, 5.74) is 0.744. The SMILES string of the molecule is O=C(NC1CCN(c2nccc3cc(Cl)ccc23)CC1)c1ccccc1I. The highest BCUT2D eigenvalue weighted by molar-refractivity contribution is 14.1. The summed E-state index contributed by atoms with van der Waals surface area (Å²) in [4.78, 5) is 19.4. The number of rotatable bonds is 3. The highest BCUT2D eigenvalue weighted by atomic mass is 127. The fourth-order valence-electron chi connectivity index (χ4n) is 3.53. The van der Waals surface area contributed by atoms with Crippen LogP contribution in [0, 0.1) is 3.57 Å². The minimum atomic E-state index is 0.0105. The first-order valence-corrected chi connectivity index (χ1v) is 10.4. The van der Waals surface area contributed by atoms with E-state index in [1.54, 1.807) is 0 Å². The van der Waals surface area contributed by atoms with E-state index in [1.165, 1.54) is 0 Å². The van der Waals surface area contributed by atoms with E-state index >= 15 is 0 Å². The first-order valence-electron chi connectivity index (χ1n) is 8.96. The van der Waals surface area contributed by atoms with Gasteiger partial charge in [0.2, 0.25) is 0 Å². The van der Waals surface area contributed by atoms with Crippen molar-refractivity contribution in [2.45, 2.75) is 18.9 Å². The van der Waals surface area contributed by atoms with Gasteiger partial charge >= 0.3 is 0 Å². The fraction of sp³-hybridized carbons (Fsp3) is 0.238. The molecule has 0 unspecified atom stereocenters. The van der Waals surface area contributed by atoms with Gasteiger partial charge in [0.25, 0.3) is 5.91 Å². The molecule has 4 nitrogen and oxygen atoms in total. The summed E-state index contributed by atoms with van der Waals surface area (Å²) >= 11 is 8.32. The van der Waals surface area contributed by atoms with Gasteiger partial charge in [-0.1, -0.05) is 23.7 Å². The van der Waals surface area contributed by atoms with Crippen LogP contribution in [0.4, 0.5) is 5.82 Å². The fourth-order valence-corrected chi connectivity index (χ4v) is 4.34. The molecule has 0 atom stereocenters. The Morgan fingerprint density at radius 2 is 1.93 bits per heavy atom. The molecule has 0 saturated carbocycles. The Morgan fingerprint density at radius 3 is 2.70 bits per heavy atom. The zero-order valence-corrected chi connectivity index (χ0v) is 17.6. The van der Waals surface area contributed by atoms with Crippen molar-refractivity contribution in [3.63, 3.8) is 0 Å². The summed E-state index contributed by atoms with van der Waals surface area (Å²) < 4.78 is 0.976. The van der Waals surface area contributed by atoms with Crippen LogP contribution in [0.3, 0.4) is 0 Å². The first-order chi connectivity index (χ1) is 13.1. The van der Waals surface area contributed by atoms with Gasteiger partial charge < -0.3 is 10.2 Å². The lowest BCUT2D eigenvalue weighted by atomic mass is 10.0. The number of amides is 1. The summed E-state index contributed by atoms with van der Waals surface area (Å²) in [6, 6.07) is 15.8. The van der Waals surface area contributed by atoms with E-state index in [0.717, 1.165) is 56.7 Å². The van der Waals surface area contributed by atoms with Gasteiger partial charge in [-0.3, -0.25) is 4.79 Å². The molecule has 2 aromatic carbocycles. The van der Waals surface area contributed by atoms with E-state index < -0.39 is 0 Å². The van der Waals surface area contributed by atoms with Gasteiger partial charge in [0.1, 0.15) is 5.82 Å². The van der Waals surface area contributed by atoms with E-state index in [4.69, 9.17) is 11.6 Å². The molecule has 1 aliphatic heterocycles. The number of fused-ring (bicyclic) bond motifs is 1. The Morgan fingerprint density at radius 1 is 1.15 bits per heavy atom. The number of hydrogen-bond acceptors (Lipinski definition) is 3. The smallest absolute Gasteiger partial charge is 0.252 e. The number of nitrogens with zero attached hydrogens (tertiary/aromatic N) is 2. The van der Waals surface area contributed by atoms with Crippen molar-refractivity contribution >= 4 is 56.7 Å². The van der Waals surface area contributed by atoms with Gasteiger partial charge in [0.05, 0.1) is 5.56 Å². The van der Waals surface area contributed by atoms with Crippen molar-refractivity contribution in [3.05, 3.63) is 68.9 Å². The maximum atomic E-state index is 12.5. The summed E-state index contributed by atoms with van der Waals surface area (Å²) in [6.45, 7) is 1.73. The number of anilines is 1. The minimum absolute atomic E-state index is 0.0105. The van der Waals surface area contributed by atoms with Crippen LogP contribution in [0.5, 0.6) is 0 Å². The Hall–Kier alpha value is -1.86. The van der Waals surface area contributed by atoms with Crippen LogP contribution in [0.25, 0.3) is 10.8 Å². The molecule has 1 amide bonds. The lowest BCUT2D eigenvalue weighted by molar-refractivity contribution is 0.0930. The van der Waals surface area contributed by atoms with Crippen molar-refractivity contribution in [1.29, 1.82) is 0 Å². The number of nitrogens with one attached hydrogen (secondary N) is 1. The zero-order valence-electron chi connectivity index (χ0n) is 14.7. The van der Waals surface area contributed by atoms with Crippen molar-refractivity contribution < 1.29 is 4.79 Å². The van der Waals surface area contributed by atoms with E-state index in [1.807, 2.05) is 54.7 Å². The molecule has 2 heterocycles. The molecular formula is C21H19ClIN3O. The van der Waals surface area contributed by atoms with Gasteiger partial charge in [-0.25, -0.2) is 4.98 Å². The normalized spacial score (nSPS) is 15.1. The third-order valence-electron chi connectivity index (χ3n) is 4.95. The average Bonchev–Trinajstić information content (AvgIpc) is 2.68. The molecule has 1 fully saturated rings. The molecule has 0 aliphatic carbocycles. The number of carbonyl (C=O) groups is 1. The molecule has 27 heavy (non-hydrogen) atoms. The molecule has 1 saturated heterocycles. The monoisotopic (exact) mass is 491 g/mol. The molecular weight excluding hydrogens is 473 g/mol. The first kappa shape index (κ1) is 18.5. The minimum Gasteiger partial charge on any atom is -0.356 e. The number of halogens is 2. The molecule has 6 heteroatoms. The molecule has 1 N–H and O–H groups in total. The van der Waals surface area contributed by atoms with Crippen LogP contribution in [-0.2, 0) is 0 Å². The maximum absolute atomic E-state index is 12.5. The second kappa shape index (κ2) is 8.02. The van der Waals surface area contributed by atoms with E-state index in [9.17, 15) is 4.79 Å². The summed E-state index contributed by atoms with van der Waals surface area (Å²) in [6.07, 6.45) is 3.64. The Labute approximate surface area is 177 Å². The number of carbonyl (C=O) groups excluding carboxylic acids is 1. The van der Waals surface area contributed by atoms with Crippen molar-refractivity contribution in [2.75, 3.05) is 18.0 Å². The number of piperidine rings is 1. The molecule has 3 aromatic rings. The number of benzene rings is 2. The van der Waals surface area contributed by atoms with Gasteiger partial charge in [-0.2, -0.15) is 0 Å². The van der Waals surface area contributed by atoms with Crippen LogP contribution in [0.1, 0.15) is 23.2 Å². The van der Waals surface area contributed by atoms with Crippen LogP contribution in [-0.4, -0.2) is 30.0 Å². The number of hydrogen-bond donors (Lipinski definition) is 1. The molecule has 1 aromatic heterocycles. The Kier molecular flexibility index (Phi) is 5.50. The molecule has 1 aliphatic rings. The van der Waals surface area contributed by atoms with Gasteiger partial charge in [-0.15, -0.1) is 0 Å². The van der Waals surface area contributed by atoms with Gasteiger partial charge in [0, 0.05) is 39.3 Å². The third-order valence-corrected chi connectivity index (χ3v) is 6.13. The summed E-state index contributed by atoms with van der Waals surface area (Å²) in [5.74, 6) is 1.00. The van der Waals surface area contributed by atoms with Crippen molar-refractivity contribution in [2.24, 2.45) is 0 Å². The summed E-state index contributed by atoms with van der Waals surface area (Å²) in [5, 5.41) is 6.13. The van der Waals surface area contributed by atoms with Crippen LogP contribution in [0.15, 0.2) is 54.7 Å². The average molecular weight is 492 g/mol. The predicted molar refractivity (Wildman–Crippen MR) is 119 cm³/mol. The molecule has 0 spiro atoms. The lowest BCUT2D eigenvalue weighted by Crippen LogP contribution is -2.45. The Bertz CT molecular complexity index is 986.